The van der Waals surface area contributed by atoms with Gasteiger partial charge in [0.2, 0.25) is 5.91 Å². The fraction of sp³-hybridized carbons (Fsp3) is 0.525. The maximum absolute atomic E-state index is 14.2. The van der Waals surface area contributed by atoms with Crippen molar-refractivity contribution in [2.75, 3.05) is 6.61 Å². The van der Waals surface area contributed by atoms with Crippen LogP contribution >= 0.6 is 0 Å². The van der Waals surface area contributed by atoms with Crippen molar-refractivity contribution >= 4 is 17.7 Å². The zero-order valence-electron chi connectivity index (χ0n) is 31.8. The molecule has 1 aromatic heterocycles. The zero-order chi connectivity index (χ0) is 42.2. The number of H-pyrrole nitrogens is 1. The van der Waals surface area contributed by atoms with Crippen LogP contribution in [0.3, 0.4) is 0 Å². The second-order valence-electron chi connectivity index (χ2n) is 15.4. The SMILES string of the molecule is C=C1[C@@H](C)[C@H]2[C@H](Cc3ccccc3)NC(=O)[C@]23[C@H](OC(C)=O)/C=C/[C@@](C)(O)C(=O)[C@@H](C)C/C=C/[C@H]3[C@@H]1O.O=c1[nH]c(=O)n([C@H]2C[C@H](O)[C@@H](CO)O2)cc1C(F)(F)F. The van der Waals surface area contributed by atoms with Gasteiger partial charge in [0, 0.05) is 43.3 Å². The molecule has 1 aromatic carbocycles. The number of carbonyl (C=O) groups is 3. The number of hydrogen-bond acceptors (Lipinski definition) is 11. The number of alkyl halides is 3. The Morgan fingerprint density at radius 2 is 1.77 bits per heavy atom. The van der Waals surface area contributed by atoms with Gasteiger partial charge in [0.25, 0.3) is 5.56 Å². The second kappa shape index (κ2) is 16.7. The molecule has 2 aliphatic heterocycles. The number of Topliss-reactive ketones (excluding diaryl/α,β-unsaturated/α-hetero) is 1. The summed E-state index contributed by atoms with van der Waals surface area (Å²) in [5.41, 5.74) is -5.72. The highest BCUT2D eigenvalue weighted by atomic mass is 19.4. The van der Waals surface area contributed by atoms with E-state index in [1.807, 2.05) is 37.3 Å². The van der Waals surface area contributed by atoms with Gasteiger partial charge in [0.15, 0.2) is 5.78 Å². The molecule has 1 saturated carbocycles. The van der Waals surface area contributed by atoms with Crippen molar-refractivity contribution in [2.24, 2.45) is 29.1 Å². The third kappa shape index (κ3) is 8.48. The molecule has 2 aromatic rings. The van der Waals surface area contributed by atoms with Crippen LogP contribution in [0.5, 0.6) is 0 Å². The normalized spacial score (nSPS) is 36.4. The van der Waals surface area contributed by atoms with Gasteiger partial charge in [-0.1, -0.05) is 62.9 Å². The van der Waals surface area contributed by atoms with Crippen molar-refractivity contribution in [3.8, 4) is 0 Å². The number of aliphatic hydroxyl groups is 4. The zero-order valence-corrected chi connectivity index (χ0v) is 31.8. The van der Waals surface area contributed by atoms with Crippen LogP contribution in [0.25, 0.3) is 0 Å². The molecule has 6 N–H and O–H groups in total. The van der Waals surface area contributed by atoms with Gasteiger partial charge in [0.1, 0.15) is 35.0 Å². The van der Waals surface area contributed by atoms with Gasteiger partial charge in [-0.25, -0.2) is 4.79 Å². The molecule has 6 rings (SSSR count). The molecule has 0 bridgehead atoms. The lowest BCUT2D eigenvalue weighted by molar-refractivity contribution is -0.166. The minimum absolute atomic E-state index is 0.172. The molecular formula is C40H48F3N3O11. The van der Waals surface area contributed by atoms with Crippen molar-refractivity contribution < 1.29 is 57.5 Å². The van der Waals surface area contributed by atoms with Gasteiger partial charge in [0.05, 0.1) is 18.8 Å². The summed E-state index contributed by atoms with van der Waals surface area (Å²) in [7, 11) is 0. The first-order chi connectivity index (χ1) is 26.6. The number of benzene rings is 1. The first-order valence-corrected chi connectivity index (χ1v) is 18.5. The minimum Gasteiger partial charge on any atom is -0.457 e. The predicted molar refractivity (Wildman–Crippen MR) is 197 cm³/mol. The maximum atomic E-state index is 14.2. The van der Waals surface area contributed by atoms with Crippen LogP contribution in [-0.4, -0.2) is 90.3 Å². The fourth-order valence-corrected chi connectivity index (χ4v) is 8.63. The highest BCUT2D eigenvalue weighted by Crippen LogP contribution is 2.58. The van der Waals surface area contributed by atoms with E-state index in [4.69, 9.17) is 14.6 Å². The van der Waals surface area contributed by atoms with E-state index in [9.17, 15) is 52.5 Å². The molecule has 3 heterocycles. The number of amides is 1. The fourth-order valence-electron chi connectivity index (χ4n) is 8.63. The summed E-state index contributed by atoms with van der Waals surface area (Å²) in [5.74, 6) is -3.26. The molecule has 17 heteroatoms. The number of allylic oxidation sites excluding steroid dienone is 1. The van der Waals surface area contributed by atoms with Gasteiger partial charge in [-0.15, -0.1) is 0 Å². The smallest absolute Gasteiger partial charge is 0.423 e. The number of halogens is 3. The summed E-state index contributed by atoms with van der Waals surface area (Å²) in [5, 5.41) is 44.1. The van der Waals surface area contributed by atoms with Crippen LogP contribution in [0.15, 0.2) is 82.6 Å². The van der Waals surface area contributed by atoms with Gasteiger partial charge in [-0.05, 0) is 49.0 Å². The van der Waals surface area contributed by atoms with Crippen LogP contribution < -0.4 is 16.6 Å². The van der Waals surface area contributed by atoms with E-state index in [1.165, 1.54) is 26.0 Å². The Morgan fingerprint density at radius 1 is 1.11 bits per heavy atom. The lowest BCUT2D eigenvalue weighted by atomic mass is 9.51. The Morgan fingerprint density at radius 3 is 2.37 bits per heavy atom. The van der Waals surface area contributed by atoms with E-state index in [0.29, 0.717) is 29.2 Å². The number of aromatic nitrogens is 2. The maximum Gasteiger partial charge on any atom is 0.423 e. The largest absolute Gasteiger partial charge is 0.457 e. The third-order valence-electron chi connectivity index (χ3n) is 11.5. The Bertz CT molecular complexity index is 2030. The molecule has 1 amide bonds. The molecule has 2 aliphatic carbocycles. The van der Waals surface area contributed by atoms with E-state index < -0.39 is 95.0 Å². The van der Waals surface area contributed by atoms with E-state index in [2.05, 4.69) is 11.9 Å². The molecular weight excluding hydrogens is 755 g/mol. The van der Waals surface area contributed by atoms with Crippen LogP contribution in [0.4, 0.5) is 13.2 Å². The van der Waals surface area contributed by atoms with Crippen molar-refractivity contribution in [1.29, 1.82) is 0 Å². The van der Waals surface area contributed by atoms with Gasteiger partial charge in [-0.3, -0.25) is 28.7 Å². The predicted octanol–water partition coefficient (Wildman–Crippen LogP) is 2.11. The number of ether oxygens (including phenoxy) is 2. The molecule has 57 heavy (non-hydrogen) atoms. The number of hydrogen-bond donors (Lipinski definition) is 6. The van der Waals surface area contributed by atoms with E-state index in [-0.39, 0.29) is 30.1 Å². The molecule has 0 unspecified atom stereocenters. The molecule has 4 aliphatic rings. The summed E-state index contributed by atoms with van der Waals surface area (Å²) in [6.45, 7) is 9.99. The highest BCUT2D eigenvalue weighted by Gasteiger charge is 2.69. The number of aromatic amines is 1. The summed E-state index contributed by atoms with van der Waals surface area (Å²) < 4.78 is 49.2. The number of nitrogens with zero attached hydrogens (tertiary/aromatic N) is 1. The number of carbonyl (C=O) groups excluding carboxylic acids is 3. The summed E-state index contributed by atoms with van der Waals surface area (Å²) in [4.78, 5) is 63.7. The van der Waals surface area contributed by atoms with Crippen molar-refractivity contribution in [1.82, 2.24) is 14.9 Å². The lowest BCUT2D eigenvalue weighted by Crippen LogP contribution is -2.60. The summed E-state index contributed by atoms with van der Waals surface area (Å²) in [6, 6.07) is 9.49. The topological polar surface area (TPSA) is 217 Å². The molecule has 1 spiro atoms. The number of nitrogens with one attached hydrogen (secondary N) is 2. The van der Waals surface area contributed by atoms with E-state index in [0.717, 1.165) is 5.56 Å². The average Bonchev–Trinajstić information content (AvgIpc) is 3.65. The van der Waals surface area contributed by atoms with Gasteiger partial charge in [-0.2, -0.15) is 13.2 Å². The standard InChI is InChI=1S/C30H37NO6.C10H11F3N2O5/c1-17-10-9-13-22-26(33)19(3)18(2)25-23(16-21-11-7-6-8-12-21)31-28(35)30(22,25)24(37-20(4)32)14-15-29(5,36)27(17)34;11-10(12,13)4-2-15(9(19)14-8(4)18)7-1-5(17)6(3-16)20-7/h6-9,11-15,17-18,22-26,33,36H,3,10,16H2,1-2,4-5H3,(H,31,35);2,5-7,16-17H,1,3H2,(H,14,18,19)/b13-9+,15-14+;/t17-,18+,22-,23-,24+,25-,26+,29+,30+;5-,6+,7+/m00/s1. The molecule has 3 fully saturated rings. The van der Waals surface area contributed by atoms with Crippen molar-refractivity contribution in [3.05, 3.63) is 105 Å². The Balaban J connectivity index is 0.000000261. The summed E-state index contributed by atoms with van der Waals surface area (Å²) >= 11 is 0. The highest BCUT2D eigenvalue weighted by molar-refractivity contribution is 5.91. The van der Waals surface area contributed by atoms with Crippen LogP contribution in [0.1, 0.15) is 57.9 Å². The summed E-state index contributed by atoms with van der Waals surface area (Å²) in [6.07, 6.45) is -3.03. The van der Waals surface area contributed by atoms with Crippen LogP contribution in [0, 0.1) is 29.1 Å². The molecule has 14 nitrogen and oxygen atoms in total. The number of rotatable bonds is 5. The number of aliphatic hydroxyl groups excluding tert-OH is 3. The van der Waals surface area contributed by atoms with E-state index in [1.54, 1.807) is 24.1 Å². The Hall–Kier alpha value is -4.68. The first kappa shape index (κ1) is 43.4. The monoisotopic (exact) mass is 803 g/mol. The molecule has 310 valence electrons. The van der Waals surface area contributed by atoms with Gasteiger partial charge < -0.3 is 35.2 Å². The van der Waals surface area contributed by atoms with Crippen molar-refractivity contribution in [3.63, 3.8) is 0 Å². The minimum atomic E-state index is -4.92. The Labute approximate surface area is 325 Å². The lowest BCUT2D eigenvalue weighted by Gasteiger charge is -2.52. The van der Waals surface area contributed by atoms with Crippen LogP contribution in [-0.2, 0) is 36.5 Å². The second-order valence-corrected chi connectivity index (χ2v) is 15.4. The number of esters is 1. The van der Waals surface area contributed by atoms with E-state index >= 15 is 0 Å². The third-order valence-corrected chi connectivity index (χ3v) is 11.5. The Kier molecular flexibility index (Phi) is 12.7. The van der Waals surface area contributed by atoms with Crippen LogP contribution in [0.2, 0.25) is 0 Å². The molecule has 0 radical (unpaired) electrons. The quantitative estimate of drug-likeness (QED) is 0.190. The average molecular weight is 804 g/mol. The van der Waals surface area contributed by atoms with Gasteiger partial charge >= 0.3 is 17.8 Å². The van der Waals surface area contributed by atoms with Crippen molar-refractivity contribution in [2.45, 2.75) is 95.4 Å². The molecule has 2 saturated heterocycles. The molecule has 12 atom stereocenters. The number of ketones is 1. The first-order valence-electron chi connectivity index (χ1n) is 18.5.